The molecule has 1 heterocycles. The topological polar surface area (TPSA) is 42.4 Å². The van der Waals surface area contributed by atoms with Crippen molar-refractivity contribution in [3.63, 3.8) is 0 Å². The van der Waals surface area contributed by atoms with Gasteiger partial charge in [0.2, 0.25) is 0 Å². The number of aromatic nitrogens is 1. The normalized spacial score (nSPS) is 9.40. The van der Waals surface area contributed by atoms with E-state index in [0.29, 0.717) is 11.4 Å². The minimum Gasteiger partial charge on any atom is -0.478 e. The van der Waals surface area contributed by atoms with Crippen LogP contribution in [0.25, 0.3) is 0 Å². The smallest absolute Gasteiger partial charge is 0.146 e. The average molecular weight is 157 g/mol. The highest BCUT2D eigenvalue weighted by atomic mass is 31.0. The molecule has 1 N–H and O–H groups in total. The zero-order chi connectivity index (χ0) is 7.40. The average Bonchev–Trinajstić information content (AvgIpc) is 2.04. The molecule has 0 radical (unpaired) electrons. The van der Waals surface area contributed by atoms with E-state index in [2.05, 4.69) is 14.5 Å². The van der Waals surface area contributed by atoms with Gasteiger partial charge < -0.3 is 9.63 Å². The molecule has 0 fully saturated rings. The molecule has 54 valence electrons. The molecule has 1 aromatic rings. The molecule has 0 aliphatic carbocycles. The Hall–Kier alpha value is -0.660. The van der Waals surface area contributed by atoms with E-state index in [1.807, 2.05) is 0 Å². The second-order valence-electron chi connectivity index (χ2n) is 1.72. The van der Waals surface area contributed by atoms with Crippen LogP contribution < -0.4 is 4.52 Å². The summed E-state index contributed by atoms with van der Waals surface area (Å²) in [6.45, 7) is -0.0927. The van der Waals surface area contributed by atoms with Gasteiger partial charge in [0.1, 0.15) is 11.4 Å². The largest absolute Gasteiger partial charge is 0.478 e. The van der Waals surface area contributed by atoms with Crippen LogP contribution in [-0.4, -0.2) is 10.1 Å². The quantitative estimate of drug-likeness (QED) is 0.644. The Morgan fingerprint density at radius 2 is 2.50 bits per heavy atom. The SMILES string of the molecule is OCc1ncccc1OP. The fourth-order valence-electron chi connectivity index (χ4n) is 0.649. The van der Waals surface area contributed by atoms with Crippen molar-refractivity contribution in [2.75, 3.05) is 0 Å². The van der Waals surface area contributed by atoms with Gasteiger partial charge >= 0.3 is 0 Å². The second-order valence-corrected chi connectivity index (χ2v) is 1.96. The first-order chi connectivity index (χ1) is 4.88. The summed E-state index contributed by atoms with van der Waals surface area (Å²) in [7, 11) is 2.11. The van der Waals surface area contributed by atoms with Crippen LogP contribution in [-0.2, 0) is 6.61 Å². The van der Waals surface area contributed by atoms with Crippen molar-refractivity contribution in [1.82, 2.24) is 4.98 Å². The van der Waals surface area contributed by atoms with Crippen molar-refractivity contribution in [3.05, 3.63) is 24.0 Å². The van der Waals surface area contributed by atoms with E-state index in [4.69, 9.17) is 9.63 Å². The standard InChI is InChI=1S/C6H8NO2P/c8-4-5-6(9-10)2-1-3-7-5/h1-3,8H,4,10H2. The van der Waals surface area contributed by atoms with E-state index in [1.54, 1.807) is 18.3 Å². The lowest BCUT2D eigenvalue weighted by atomic mass is 10.3. The van der Waals surface area contributed by atoms with E-state index in [-0.39, 0.29) is 6.61 Å². The lowest BCUT2D eigenvalue weighted by Crippen LogP contribution is -1.90. The Kier molecular flexibility index (Phi) is 2.60. The first kappa shape index (κ1) is 7.45. The van der Waals surface area contributed by atoms with Crippen molar-refractivity contribution in [2.24, 2.45) is 0 Å². The molecule has 0 aromatic carbocycles. The number of nitrogens with zero attached hydrogens (tertiary/aromatic N) is 1. The van der Waals surface area contributed by atoms with Crippen molar-refractivity contribution < 1.29 is 9.63 Å². The first-order valence-corrected chi connectivity index (χ1v) is 3.27. The Morgan fingerprint density at radius 3 is 3.00 bits per heavy atom. The molecule has 0 amide bonds. The lowest BCUT2D eigenvalue weighted by Gasteiger charge is -2.01. The Labute approximate surface area is 61.3 Å². The number of aliphatic hydroxyl groups excluding tert-OH is 1. The van der Waals surface area contributed by atoms with Crippen LogP contribution in [0.2, 0.25) is 0 Å². The molecule has 0 aliphatic rings. The number of pyridine rings is 1. The molecular weight excluding hydrogens is 149 g/mol. The predicted molar refractivity (Wildman–Crippen MR) is 40.5 cm³/mol. The fraction of sp³-hybridized carbons (Fsp3) is 0.167. The molecule has 4 heteroatoms. The van der Waals surface area contributed by atoms with Gasteiger partial charge in [-0.3, -0.25) is 4.98 Å². The van der Waals surface area contributed by atoms with Crippen LogP contribution in [0.15, 0.2) is 18.3 Å². The second kappa shape index (κ2) is 3.49. The molecule has 1 atom stereocenters. The van der Waals surface area contributed by atoms with Gasteiger partial charge in [0.25, 0.3) is 0 Å². The van der Waals surface area contributed by atoms with Gasteiger partial charge in [0.15, 0.2) is 0 Å². The predicted octanol–water partition coefficient (Wildman–Crippen LogP) is 0.743. The third-order valence-corrected chi connectivity index (χ3v) is 1.38. The van der Waals surface area contributed by atoms with Gasteiger partial charge in [-0.15, -0.1) is 0 Å². The monoisotopic (exact) mass is 157 g/mol. The highest BCUT2D eigenvalue weighted by Crippen LogP contribution is 2.16. The van der Waals surface area contributed by atoms with Crippen LogP contribution >= 0.6 is 9.47 Å². The zero-order valence-electron chi connectivity index (χ0n) is 5.32. The number of rotatable bonds is 2. The number of hydrogen-bond donors (Lipinski definition) is 1. The van der Waals surface area contributed by atoms with Crippen molar-refractivity contribution >= 4 is 9.47 Å². The van der Waals surface area contributed by atoms with Gasteiger partial charge in [-0.05, 0) is 12.1 Å². The summed E-state index contributed by atoms with van der Waals surface area (Å²) in [5, 5.41) is 8.70. The van der Waals surface area contributed by atoms with E-state index in [9.17, 15) is 0 Å². The highest BCUT2D eigenvalue weighted by Gasteiger charge is 1.98. The van der Waals surface area contributed by atoms with Crippen molar-refractivity contribution in [1.29, 1.82) is 0 Å². The molecule has 0 spiro atoms. The first-order valence-electron chi connectivity index (χ1n) is 2.80. The summed E-state index contributed by atoms with van der Waals surface area (Å²) in [6, 6.07) is 3.49. The summed E-state index contributed by atoms with van der Waals surface area (Å²) in [5.41, 5.74) is 0.553. The third kappa shape index (κ3) is 1.43. The van der Waals surface area contributed by atoms with Gasteiger partial charge in [-0.2, -0.15) is 0 Å². The summed E-state index contributed by atoms with van der Waals surface area (Å²) >= 11 is 0. The van der Waals surface area contributed by atoms with Gasteiger partial charge in [0, 0.05) is 6.20 Å². The van der Waals surface area contributed by atoms with Crippen LogP contribution in [0.3, 0.4) is 0 Å². The molecule has 1 aromatic heterocycles. The minimum atomic E-state index is -0.0927. The summed E-state index contributed by atoms with van der Waals surface area (Å²) in [5.74, 6) is 0.593. The summed E-state index contributed by atoms with van der Waals surface area (Å²) in [6.07, 6.45) is 1.61. The van der Waals surface area contributed by atoms with Gasteiger partial charge in [0.05, 0.1) is 16.1 Å². The number of hydrogen-bond acceptors (Lipinski definition) is 3. The molecular formula is C6H8NO2P. The molecule has 1 unspecified atom stereocenters. The molecule has 0 saturated carbocycles. The molecule has 10 heavy (non-hydrogen) atoms. The number of aliphatic hydroxyl groups is 1. The Bertz CT molecular complexity index is 194. The van der Waals surface area contributed by atoms with Crippen LogP contribution in [0.4, 0.5) is 0 Å². The molecule has 3 nitrogen and oxygen atoms in total. The van der Waals surface area contributed by atoms with Gasteiger partial charge in [-0.1, -0.05) is 0 Å². The molecule has 0 bridgehead atoms. The third-order valence-electron chi connectivity index (χ3n) is 1.13. The van der Waals surface area contributed by atoms with Crippen molar-refractivity contribution in [2.45, 2.75) is 6.61 Å². The minimum absolute atomic E-state index is 0.0927. The van der Waals surface area contributed by atoms with Crippen LogP contribution in [0.5, 0.6) is 5.75 Å². The summed E-state index contributed by atoms with van der Waals surface area (Å²) in [4.78, 5) is 3.88. The molecule has 0 aliphatic heterocycles. The van der Waals surface area contributed by atoms with E-state index < -0.39 is 0 Å². The van der Waals surface area contributed by atoms with Crippen molar-refractivity contribution in [3.8, 4) is 5.75 Å². The maximum absolute atomic E-state index is 8.70. The maximum Gasteiger partial charge on any atom is 0.146 e. The zero-order valence-corrected chi connectivity index (χ0v) is 6.47. The van der Waals surface area contributed by atoms with Crippen LogP contribution in [0, 0.1) is 0 Å². The van der Waals surface area contributed by atoms with Crippen LogP contribution in [0.1, 0.15) is 5.69 Å². The molecule has 0 saturated heterocycles. The Balaban J connectivity index is 2.96. The highest BCUT2D eigenvalue weighted by molar-refractivity contribution is 7.10. The van der Waals surface area contributed by atoms with E-state index >= 15 is 0 Å². The maximum atomic E-state index is 8.70. The summed E-state index contributed by atoms with van der Waals surface area (Å²) < 4.78 is 4.83. The van der Waals surface area contributed by atoms with Gasteiger partial charge in [-0.25, -0.2) is 0 Å². The Morgan fingerprint density at radius 1 is 1.70 bits per heavy atom. The lowest BCUT2D eigenvalue weighted by molar-refractivity contribution is 0.273. The van der Waals surface area contributed by atoms with E-state index in [1.165, 1.54) is 0 Å². The molecule has 1 rings (SSSR count). The fourth-order valence-corrected chi connectivity index (χ4v) is 0.864. The van der Waals surface area contributed by atoms with E-state index in [0.717, 1.165) is 0 Å².